The van der Waals surface area contributed by atoms with Crippen molar-refractivity contribution in [3.8, 4) is 0 Å². The van der Waals surface area contributed by atoms with E-state index in [-0.39, 0.29) is 5.54 Å². The molecule has 1 aromatic carbocycles. The molecule has 0 aliphatic carbocycles. The third kappa shape index (κ3) is 3.60. The molecule has 2 heteroatoms. The van der Waals surface area contributed by atoms with Crippen LogP contribution in [0.3, 0.4) is 0 Å². The molecule has 1 heterocycles. The molecule has 0 aliphatic rings. The van der Waals surface area contributed by atoms with Crippen molar-refractivity contribution in [1.82, 2.24) is 9.88 Å². The van der Waals surface area contributed by atoms with Crippen molar-refractivity contribution in [2.45, 2.75) is 53.2 Å². The van der Waals surface area contributed by atoms with Gasteiger partial charge in [0.25, 0.3) is 0 Å². The molecule has 0 aliphatic heterocycles. The number of aromatic nitrogens is 1. The number of fused-ring (bicyclic) bond motifs is 1. The third-order valence-corrected chi connectivity index (χ3v) is 3.27. The molecule has 2 aromatic rings. The SMILES string of the molecule is CC(C)Cn1ccc2c(CNC(C)(C)C)cccc21. The molecule has 1 aromatic heterocycles. The van der Waals surface area contributed by atoms with Crippen LogP contribution in [0.4, 0.5) is 0 Å². The summed E-state index contributed by atoms with van der Waals surface area (Å²) in [6.07, 6.45) is 2.21. The van der Waals surface area contributed by atoms with E-state index in [2.05, 4.69) is 75.0 Å². The van der Waals surface area contributed by atoms with Gasteiger partial charge in [0.15, 0.2) is 0 Å². The number of hydrogen-bond donors (Lipinski definition) is 1. The van der Waals surface area contributed by atoms with E-state index in [1.165, 1.54) is 16.5 Å². The third-order valence-electron chi connectivity index (χ3n) is 3.27. The van der Waals surface area contributed by atoms with Gasteiger partial charge in [-0.1, -0.05) is 26.0 Å². The lowest BCUT2D eigenvalue weighted by Gasteiger charge is -2.21. The Morgan fingerprint density at radius 3 is 2.53 bits per heavy atom. The summed E-state index contributed by atoms with van der Waals surface area (Å²) in [6.45, 7) is 13.1. The Hall–Kier alpha value is -1.28. The van der Waals surface area contributed by atoms with Crippen molar-refractivity contribution in [1.29, 1.82) is 0 Å². The smallest absolute Gasteiger partial charge is 0.0483 e. The Bertz CT molecular complexity index is 544. The van der Waals surface area contributed by atoms with Crippen LogP contribution in [0.5, 0.6) is 0 Å². The lowest BCUT2D eigenvalue weighted by Crippen LogP contribution is -2.35. The number of benzene rings is 1. The first-order valence-electron chi connectivity index (χ1n) is 7.18. The summed E-state index contributed by atoms with van der Waals surface area (Å²) < 4.78 is 2.36. The van der Waals surface area contributed by atoms with Crippen LogP contribution in [-0.2, 0) is 13.1 Å². The zero-order valence-electron chi connectivity index (χ0n) is 12.8. The number of nitrogens with zero attached hydrogens (tertiary/aromatic N) is 1. The van der Waals surface area contributed by atoms with Crippen LogP contribution < -0.4 is 5.32 Å². The van der Waals surface area contributed by atoms with E-state index in [1.807, 2.05) is 0 Å². The molecule has 0 saturated carbocycles. The van der Waals surface area contributed by atoms with E-state index in [0.717, 1.165) is 13.1 Å². The van der Waals surface area contributed by atoms with Crippen molar-refractivity contribution in [2.24, 2.45) is 5.92 Å². The average Bonchev–Trinajstić information content (AvgIpc) is 2.69. The van der Waals surface area contributed by atoms with Gasteiger partial charge in [-0.3, -0.25) is 0 Å². The molecule has 0 unspecified atom stereocenters. The van der Waals surface area contributed by atoms with Gasteiger partial charge in [-0.05, 0) is 44.4 Å². The van der Waals surface area contributed by atoms with Crippen LogP contribution in [-0.4, -0.2) is 10.1 Å². The molecular weight excluding hydrogens is 232 g/mol. The Labute approximate surface area is 116 Å². The van der Waals surface area contributed by atoms with Crippen molar-refractivity contribution in [2.75, 3.05) is 0 Å². The Morgan fingerprint density at radius 1 is 1.16 bits per heavy atom. The number of rotatable bonds is 4. The molecule has 1 N–H and O–H groups in total. The van der Waals surface area contributed by atoms with Gasteiger partial charge < -0.3 is 9.88 Å². The molecule has 0 atom stereocenters. The van der Waals surface area contributed by atoms with Gasteiger partial charge in [0.05, 0.1) is 0 Å². The van der Waals surface area contributed by atoms with E-state index in [1.54, 1.807) is 0 Å². The molecule has 2 rings (SSSR count). The molecule has 2 nitrogen and oxygen atoms in total. The highest BCUT2D eigenvalue weighted by atomic mass is 15.0. The fourth-order valence-electron chi connectivity index (χ4n) is 2.35. The molecular formula is C17H26N2. The minimum absolute atomic E-state index is 0.155. The largest absolute Gasteiger partial charge is 0.347 e. The monoisotopic (exact) mass is 258 g/mol. The Morgan fingerprint density at radius 2 is 1.89 bits per heavy atom. The van der Waals surface area contributed by atoms with E-state index >= 15 is 0 Å². The maximum absolute atomic E-state index is 3.57. The highest BCUT2D eigenvalue weighted by molar-refractivity contribution is 5.83. The van der Waals surface area contributed by atoms with Crippen LogP contribution in [0.25, 0.3) is 10.9 Å². The summed E-state index contributed by atoms with van der Waals surface area (Å²) in [7, 11) is 0. The summed E-state index contributed by atoms with van der Waals surface area (Å²) in [4.78, 5) is 0. The first-order chi connectivity index (χ1) is 8.87. The second-order valence-electron chi connectivity index (χ2n) is 6.82. The number of hydrogen-bond acceptors (Lipinski definition) is 1. The lowest BCUT2D eigenvalue weighted by atomic mass is 10.1. The van der Waals surface area contributed by atoms with Crippen molar-refractivity contribution < 1.29 is 0 Å². The van der Waals surface area contributed by atoms with Gasteiger partial charge in [-0.2, -0.15) is 0 Å². The van der Waals surface area contributed by atoms with E-state index < -0.39 is 0 Å². The molecule has 19 heavy (non-hydrogen) atoms. The van der Waals surface area contributed by atoms with Gasteiger partial charge in [0.2, 0.25) is 0 Å². The highest BCUT2D eigenvalue weighted by Gasteiger charge is 2.11. The average molecular weight is 258 g/mol. The zero-order valence-corrected chi connectivity index (χ0v) is 12.8. The topological polar surface area (TPSA) is 17.0 Å². The van der Waals surface area contributed by atoms with E-state index in [0.29, 0.717) is 5.92 Å². The van der Waals surface area contributed by atoms with E-state index in [4.69, 9.17) is 0 Å². The molecule has 0 saturated heterocycles. The summed E-state index contributed by atoms with van der Waals surface area (Å²) in [5.41, 5.74) is 2.89. The van der Waals surface area contributed by atoms with Crippen LogP contribution >= 0.6 is 0 Å². The fourth-order valence-corrected chi connectivity index (χ4v) is 2.35. The predicted octanol–water partition coefficient (Wildman–Crippen LogP) is 4.19. The summed E-state index contributed by atoms with van der Waals surface area (Å²) >= 11 is 0. The van der Waals surface area contributed by atoms with Crippen LogP contribution in [0.1, 0.15) is 40.2 Å². The second kappa shape index (κ2) is 5.38. The lowest BCUT2D eigenvalue weighted by molar-refractivity contribution is 0.425. The van der Waals surface area contributed by atoms with Gasteiger partial charge in [-0.25, -0.2) is 0 Å². The minimum Gasteiger partial charge on any atom is -0.347 e. The van der Waals surface area contributed by atoms with Gasteiger partial charge in [0.1, 0.15) is 0 Å². The highest BCUT2D eigenvalue weighted by Crippen LogP contribution is 2.21. The fraction of sp³-hybridized carbons (Fsp3) is 0.529. The van der Waals surface area contributed by atoms with Gasteiger partial charge >= 0.3 is 0 Å². The Kier molecular flexibility index (Phi) is 4.00. The number of nitrogens with one attached hydrogen (secondary N) is 1. The van der Waals surface area contributed by atoms with Gasteiger partial charge in [-0.15, -0.1) is 0 Å². The van der Waals surface area contributed by atoms with Crippen LogP contribution in [0.2, 0.25) is 0 Å². The molecule has 0 fully saturated rings. The maximum atomic E-state index is 3.57. The molecule has 0 spiro atoms. The first-order valence-corrected chi connectivity index (χ1v) is 7.18. The standard InChI is InChI=1S/C17H26N2/c1-13(2)12-19-10-9-15-14(7-6-8-16(15)19)11-18-17(3,4)5/h6-10,13,18H,11-12H2,1-5H3. The quantitative estimate of drug-likeness (QED) is 0.870. The normalized spacial score (nSPS) is 12.5. The van der Waals surface area contributed by atoms with Crippen LogP contribution in [0, 0.1) is 5.92 Å². The van der Waals surface area contributed by atoms with Gasteiger partial charge in [0, 0.05) is 35.7 Å². The molecule has 0 bridgehead atoms. The molecule has 0 radical (unpaired) electrons. The summed E-state index contributed by atoms with van der Waals surface area (Å²) in [5.74, 6) is 0.673. The summed E-state index contributed by atoms with van der Waals surface area (Å²) in [5, 5.41) is 4.95. The van der Waals surface area contributed by atoms with Crippen LogP contribution in [0.15, 0.2) is 30.5 Å². The first kappa shape index (κ1) is 14.1. The van der Waals surface area contributed by atoms with E-state index in [9.17, 15) is 0 Å². The molecule has 0 amide bonds. The second-order valence-corrected chi connectivity index (χ2v) is 6.82. The Balaban J connectivity index is 2.28. The van der Waals surface area contributed by atoms with Crippen molar-refractivity contribution >= 4 is 10.9 Å². The molecule has 104 valence electrons. The maximum Gasteiger partial charge on any atom is 0.0483 e. The summed E-state index contributed by atoms with van der Waals surface area (Å²) in [6, 6.07) is 8.86. The van der Waals surface area contributed by atoms with Crippen molar-refractivity contribution in [3.05, 3.63) is 36.0 Å². The van der Waals surface area contributed by atoms with Crippen molar-refractivity contribution in [3.63, 3.8) is 0 Å². The predicted molar refractivity (Wildman–Crippen MR) is 83.4 cm³/mol. The zero-order chi connectivity index (χ0) is 14.0. The minimum atomic E-state index is 0.155.